The molecule has 0 aliphatic rings. The molecule has 1 heterocycles. The Labute approximate surface area is 92.1 Å². The van der Waals surface area contributed by atoms with Gasteiger partial charge in [0.15, 0.2) is 0 Å². The zero-order chi connectivity index (χ0) is 11.1. The quantitative estimate of drug-likeness (QED) is 0.759. The second-order valence-electron chi connectivity index (χ2n) is 3.44. The van der Waals surface area contributed by atoms with Crippen LogP contribution in [-0.2, 0) is 0 Å². The first-order valence-electron chi connectivity index (χ1n) is 5.34. The SMILES string of the molecule is CC#CCC(NCC)c1cccc(C)n1. The summed E-state index contributed by atoms with van der Waals surface area (Å²) >= 11 is 0. The normalized spacial score (nSPS) is 11.7. The van der Waals surface area contributed by atoms with Gasteiger partial charge in [0, 0.05) is 12.1 Å². The molecular weight excluding hydrogens is 184 g/mol. The molecule has 1 rings (SSSR count). The molecule has 15 heavy (non-hydrogen) atoms. The van der Waals surface area contributed by atoms with Gasteiger partial charge in [-0.3, -0.25) is 4.98 Å². The van der Waals surface area contributed by atoms with Crippen LogP contribution in [0, 0.1) is 18.8 Å². The summed E-state index contributed by atoms with van der Waals surface area (Å²) in [5, 5.41) is 3.40. The van der Waals surface area contributed by atoms with Crippen molar-refractivity contribution in [3.63, 3.8) is 0 Å². The minimum Gasteiger partial charge on any atom is -0.308 e. The molecule has 2 heteroatoms. The van der Waals surface area contributed by atoms with E-state index in [1.165, 1.54) is 0 Å². The van der Waals surface area contributed by atoms with Crippen LogP contribution < -0.4 is 5.32 Å². The summed E-state index contributed by atoms with van der Waals surface area (Å²) in [6.45, 7) is 6.92. The monoisotopic (exact) mass is 202 g/mol. The van der Waals surface area contributed by atoms with Crippen molar-refractivity contribution in [2.75, 3.05) is 6.54 Å². The third-order valence-electron chi connectivity index (χ3n) is 2.20. The van der Waals surface area contributed by atoms with Gasteiger partial charge in [-0.05, 0) is 32.5 Å². The third kappa shape index (κ3) is 3.73. The molecule has 0 bridgehead atoms. The van der Waals surface area contributed by atoms with Crippen LogP contribution in [0.4, 0.5) is 0 Å². The van der Waals surface area contributed by atoms with Crippen LogP contribution in [0.1, 0.15) is 37.7 Å². The Morgan fingerprint density at radius 3 is 2.87 bits per heavy atom. The maximum atomic E-state index is 4.51. The van der Waals surface area contributed by atoms with Gasteiger partial charge in [0.1, 0.15) is 0 Å². The van der Waals surface area contributed by atoms with Crippen LogP contribution in [0.3, 0.4) is 0 Å². The van der Waals surface area contributed by atoms with Gasteiger partial charge in [0.2, 0.25) is 0 Å². The molecule has 0 aliphatic heterocycles. The Morgan fingerprint density at radius 1 is 1.47 bits per heavy atom. The summed E-state index contributed by atoms with van der Waals surface area (Å²) in [6.07, 6.45) is 0.820. The topological polar surface area (TPSA) is 24.9 Å². The van der Waals surface area contributed by atoms with Gasteiger partial charge in [-0.2, -0.15) is 0 Å². The van der Waals surface area contributed by atoms with Gasteiger partial charge in [0.05, 0.1) is 11.7 Å². The summed E-state index contributed by atoms with van der Waals surface area (Å²) in [7, 11) is 0. The minimum atomic E-state index is 0.252. The Kier molecular flexibility index (Phi) is 4.86. The summed E-state index contributed by atoms with van der Waals surface area (Å²) in [5.41, 5.74) is 2.14. The molecule has 0 saturated carbocycles. The maximum Gasteiger partial charge on any atom is 0.0605 e. The molecular formula is C13H18N2. The highest BCUT2D eigenvalue weighted by Crippen LogP contribution is 2.13. The van der Waals surface area contributed by atoms with Crippen molar-refractivity contribution < 1.29 is 0 Å². The molecule has 1 aromatic rings. The van der Waals surface area contributed by atoms with Gasteiger partial charge in [-0.1, -0.05) is 13.0 Å². The Bertz CT molecular complexity index is 360. The summed E-state index contributed by atoms with van der Waals surface area (Å²) in [5.74, 6) is 6.02. The molecule has 0 spiro atoms. The van der Waals surface area contributed by atoms with Gasteiger partial charge in [-0.25, -0.2) is 0 Å². The maximum absolute atomic E-state index is 4.51. The van der Waals surface area contributed by atoms with Crippen molar-refractivity contribution in [3.8, 4) is 11.8 Å². The predicted molar refractivity (Wildman–Crippen MR) is 63.5 cm³/mol. The first-order valence-corrected chi connectivity index (χ1v) is 5.34. The second kappa shape index (κ2) is 6.21. The van der Waals surface area contributed by atoms with E-state index in [1.54, 1.807) is 0 Å². The Balaban J connectivity index is 2.81. The molecule has 2 nitrogen and oxygen atoms in total. The number of rotatable bonds is 4. The standard InChI is InChI=1S/C13H18N2/c1-4-6-9-12(14-5-2)13-10-7-8-11(3)15-13/h7-8,10,12,14H,5,9H2,1-3H3. The lowest BCUT2D eigenvalue weighted by atomic mass is 10.1. The first kappa shape index (κ1) is 11.7. The molecule has 0 aromatic carbocycles. The van der Waals surface area contributed by atoms with Crippen molar-refractivity contribution in [1.29, 1.82) is 0 Å². The van der Waals surface area contributed by atoms with Crippen LogP contribution in [0.15, 0.2) is 18.2 Å². The number of aromatic nitrogens is 1. The zero-order valence-corrected chi connectivity index (χ0v) is 9.67. The molecule has 1 atom stereocenters. The number of nitrogens with zero attached hydrogens (tertiary/aromatic N) is 1. The van der Waals surface area contributed by atoms with E-state index >= 15 is 0 Å². The number of nitrogens with one attached hydrogen (secondary N) is 1. The van der Waals surface area contributed by atoms with Gasteiger partial charge < -0.3 is 5.32 Å². The van der Waals surface area contributed by atoms with E-state index in [0.29, 0.717) is 0 Å². The van der Waals surface area contributed by atoms with E-state index in [-0.39, 0.29) is 6.04 Å². The Hall–Kier alpha value is -1.33. The van der Waals surface area contributed by atoms with Crippen molar-refractivity contribution >= 4 is 0 Å². The smallest absolute Gasteiger partial charge is 0.0605 e. The highest BCUT2D eigenvalue weighted by molar-refractivity contribution is 5.15. The molecule has 80 valence electrons. The third-order valence-corrected chi connectivity index (χ3v) is 2.20. The van der Waals surface area contributed by atoms with Crippen molar-refractivity contribution in [2.24, 2.45) is 0 Å². The van der Waals surface area contributed by atoms with Gasteiger partial charge in [0.25, 0.3) is 0 Å². The van der Waals surface area contributed by atoms with E-state index in [4.69, 9.17) is 0 Å². The lowest BCUT2D eigenvalue weighted by molar-refractivity contribution is 0.550. The summed E-state index contributed by atoms with van der Waals surface area (Å²) < 4.78 is 0. The number of hydrogen-bond acceptors (Lipinski definition) is 2. The van der Waals surface area contributed by atoms with Crippen molar-refractivity contribution in [3.05, 3.63) is 29.6 Å². The molecule has 1 N–H and O–H groups in total. The zero-order valence-electron chi connectivity index (χ0n) is 9.67. The molecule has 0 radical (unpaired) electrons. The average molecular weight is 202 g/mol. The van der Waals surface area contributed by atoms with Crippen molar-refractivity contribution in [1.82, 2.24) is 10.3 Å². The van der Waals surface area contributed by atoms with Crippen LogP contribution in [0.25, 0.3) is 0 Å². The summed E-state index contributed by atoms with van der Waals surface area (Å²) in [6, 6.07) is 6.36. The van der Waals surface area contributed by atoms with Crippen LogP contribution >= 0.6 is 0 Å². The van der Waals surface area contributed by atoms with Gasteiger partial charge in [-0.15, -0.1) is 11.8 Å². The fraction of sp³-hybridized carbons (Fsp3) is 0.462. The lowest BCUT2D eigenvalue weighted by Gasteiger charge is -2.14. The molecule has 0 amide bonds. The highest BCUT2D eigenvalue weighted by Gasteiger charge is 2.09. The molecule has 0 saturated heterocycles. The van der Waals surface area contributed by atoms with Crippen LogP contribution in [0.2, 0.25) is 0 Å². The largest absolute Gasteiger partial charge is 0.308 e. The average Bonchev–Trinajstić information content (AvgIpc) is 2.24. The van der Waals surface area contributed by atoms with Gasteiger partial charge >= 0.3 is 0 Å². The lowest BCUT2D eigenvalue weighted by Crippen LogP contribution is -2.21. The second-order valence-corrected chi connectivity index (χ2v) is 3.44. The molecule has 0 fully saturated rings. The first-order chi connectivity index (χ1) is 7.27. The van der Waals surface area contributed by atoms with E-state index in [2.05, 4.69) is 35.1 Å². The van der Waals surface area contributed by atoms with E-state index in [0.717, 1.165) is 24.4 Å². The molecule has 0 aliphatic carbocycles. The van der Waals surface area contributed by atoms with Crippen molar-refractivity contribution in [2.45, 2.75) is 33.2 Å². The number of hydrogen-bond donors (Lipinski definition) is 1. The van der Waals surface area contributed by atoms with Crippen LogP contribution in [-0.4, -0.2) is 11.5 Å². The fourth-order valence-corrected chi connectivity index (χ4v) is 1.49. The van der Waals surface area contributed by atoms with Crippen LogP contribution in [0.5, 0.6) is 0 Å². The van der Waals surface area contributed by atoms with E-state index < -0.39 is 0 Å². The van der Waals surface area contributed by atoms with E-state index in [9.17, 15) is 0 Å². The van der Waals surface area contributed by atoms with E-state index in [1.807, 2.05) is 26.0 Å². The molecule has 1 aromatic heterocycles. The highest BCUT2D eigenvalue weighted by atomic mass is 14.9. The fourth-order valence-electron chi connectivity index (χ4n) is 1.49. The predicted octanol–water partition coefficient (Wildman–Crippen LogP) is 2.45. The number of pyridine rings is 1. The number of aryl methyl sites for hydroxylation is 1. The minimum absolute atomic E-state index is 0.252. The molecule has 1 unspecified atom stereocenters. The summed E-state index contributed by atoms with van der Waals surface area (Å²) in [4.78, 5) is 4.51. The Morgan fingerprint density at radius 2 is 2.27 bits per heavy atom.